The topological polar surface area (TPSA) is 91.6 Å². The van der Waals surface area contributed by atoms with Gasteiger partial charge in [0.2, 0.25) is 0 Å². The summed E-state index contributed by atoms with van der Waals surface area (Å²) in [5.41, 5.74) is 1.73. The number of aromatic amines is 1. The van der Waals surface area contributed by atoms with Crippen molar-refractivity contribution in [2.24, 2.45) is 0 Å². The Bertz CT molecular complexity index is 826. The minimum Gasteiger partial charge on any atom is -0.496 e. The Balaban J connectivity index is 1.81. The summed E-state index contributed by atoms with van der Waals surface area (Å²) in [5, 5.41) is 16.2. The van der Waals surface area contributed by atoms with Gasteiger partial charge in [-0.2, -0.15) is 5.10 Å². The maximum atomic E-state index is 12.8. The number of aliphatic hydroxyl groups is 1. The van der Waals surface area contributed by atoms with Gasteiger partial charge in [-0.15, -0.1) is 0 Å². The molecule has 2 heterocycles. The fourth-order valence-electron chi connectivity index (χ4n) is 2.56. The first-order valence-corrected chi connectivity index (χ1v) is 7.84. The molecule has 0 spiro atoms. The fourth-order valence-corrected chi connectivity index (χ4v) is 2.56. The summed E-state index contributed by atoms with van der Waals surface area (Å²) in [4.78, 5) is 14.3. The fraction of sp³-hybridized carbons (Fsp3) is 0.222. The predicted octanol–water partition coefficient (Wildman–Crippen LogP) is 2.31. The van der Waals surface area contributed by atoms with Gasteiger partial charge in [0.15, 0.2) is 11.5 Å². The number of furan rings is 1. The molecule has 7 heteroatoms. The number of benzene rings is 1. The maximum absolute atomic E-state index is 12.8. The number of aromatic nitrogens is 2. The summed E-state index contributed by atoms with van der Waals surface area (Å²) in [5.74, 6) is 1.01. The van der Waals surface area contributed by atoms with Crippen molar-refractivity contribution in [3.8, 4) is 17.2 Å². The molecule has 0 fully saturated rings. The van der Waals surface area contributed by atoms with Crippen molar-refractivity contribution in [2.45, 2.75) is 6.54 Å². The molecule has 0 saturated carbocycles. The number of nitrogens with one attached hydrogen (secondary N) is 1. The van der Waals surface area contributed by atoms with Crippen LogP contribution in [-0.2, 0) is 6.54 Å². The number of carbonyl (C=O) groups excluding carboxylic acids is 1. The number of para-hydroxylation sites is 1. The number of carbonyl (C=O) groups is 1. The number of aliphatic hydroxyl groups excluding tert-OH is 1. The lowest BCUT2D eigenvalue weighted by Crippen LogP contribution is -2.33. The number of hydrogen-bond donors (Lipinski definition) is 2. The molecule has 0 bridgehead atoms. The van der Waals surface area contributed by atoms with Crippen LogP contribution in [0.2, 0.25) is 0 Å². The molecule has 7 nitrogen and oxygen atoms in total. The van der Waals surface area contributed by atoms with Crippen LogP contribution in [0.25, 0.3) is 11.5 Å². The van der Waals surface area contributed by atoms with Crippen molar-refractivity contribution in [3.63, 3.8) is 0 Å². The number of rotatable bonds is 7. The predicted molar refractivity (Wildman–Crippen MR) is 91.1 cm³/mol. The van der Waals surface area contributed by atoms with Crippen LogP contribution in [0.1, 0.15) is 16.1 Å². The van der Waals surface area contributed by atoms with Gasteiger partial charge in [0.25, 0.3) is 5.91 Å². The zero-order valence-electron chi connectivity index (χ0n) is 13.8. The second-order valence-electron chi connectivity index (χ2n) is 5.41. The third-order valence-electron chi connectivity index (χ3n) is 3.79. The Morgan fingerprint density at radius 2 is 2.16 bits per heavy atom. The van der Waals surface area contributed by atoms with Crippen LogP contribution < -0.4 is 4.74 Å². The number of ether oxygens (including phenoxy) is 1. The summed E-state index contributed by atoms with van der Waals surface area (Å²) < 4.78 is 10.6. The van der Waals surface area contributed by atoms with Crippen LogP contribution in [0.3, 0.4) is 0 Å². The average Bonchev–Trinajstić information content (AvgIpc) is 3.32. The molecule has 130 valence electrons. The van der Waals surface area contributed by atoms with E-state index in [2.05, 4.69) is 10.2 Å². The van der Waals surface area contributed by atoms with Gasteiger partial charge in [-0.05, 0) is 18.2 Å². The summed E-state index contributed by atoms with van der Waals surface area (Å²) >= 11 is 0. The van der Waals surface area contributed by atoms with Gasteiger partial charge in [-0.25, -0.2) is 0 Å². The number of amides is 1. The lowest BCUT2D eigenvalue weighted by atomic mass is 10.1. The Hall–Kier alpha value is -3.06. The van der Waals surface area contributed by atoms with Gasteiger partial charge in [0, 0.05) is 24.7 Å². The molecule has 0 saturated heterocycles. The first kappa shape index (κ1) is 16.8. The van der Waals surface area contributed by atoms with Gasteiger partial charge in [-0.3, -0.25) is 9.89 Å². The Kier molecular flexibility index (Phi) is 5.15. The standard InChI is InChI=1S/C18H19N3O4/c1-24-16-6-3-2-5-13(16)12-21(8-9-22)18(23)15-11-14(19-20-15)17-7-4-10-25-17/h2-7,10-11,22H,8-9,12H2,1H3,(H,19,20). The Morgan fingerprint density at radius 1 is 1.32 bits per heavy atom. The monoisotopic (exact) mass is 341 g/mol. The van der Waals surface area contributed by atoms with Crippen molar-refractivity contribution in [1.82, 2.24) is 15.1 Å². The van der Waals surface area contributed by atoms with Crippen molar-refractivity contribution in [1.29, 1.82) is 0 Å². The van der Waals surface area contributed by atoms with Crippen LogP contribution in [0.4, 0.5) is 0 Å². The highest BCUT2D eigenvalue weighted by Crippen LogP contribution is 2.22. The molecule has 2 N–H and O–H groups in total. The quantitative estimate of drug-likeness (QED) is 0.688. The summed E-state index contributed by atoms with van der Waals surface area (Å²) in [6, 6.07) is 12.6. The second kappa shape index (κ2) is 7.67. The van der Waals surface area contributed by atoms with E-state index in [0.717, 1.165) is 5.56 Å². The SMILES string of the molecule is COc1ccccc1CN(CCO)C(=O)c1cc(-c2ccco2)[nH]n1. The molecule has 25 heavy (non-hydrogen) atoms. The largest absolute Gasteiger partial charge is 0.496 e. The van der Waals surface area contributed by atoms with Crippen LogP contribution in [0, 0.1) is 0 Å². The third kappa shape index (κ3) is 3.72. The molecule has 0 unspecified atom stereocenters. The second-order valence-corrected chi connectivity index (χ2v) is 5.41. The van der Waals surface area contributed by atoms with Gasteiger partial charge in [0.05, 0.1) is 20.0 Å². The van der Waals surface area contributed by atoms with Crippen LogP contribution in [0.15, 0.2) is 53.1 Å². The molecular weight excluding hydrogens is 322 g/mol. The van der Waals surface area contributed by atoms with Crippen molar-refractivity contribution < 1.29 is 19.1 Å². The van der Waals surface area contributed by atoms with E-state index in [1.165, 1.54) is 4.90 Å². The van der Waals surface area contributed by atoms with Gasteiger partial charge in [0.1, 0.15) is 11.4 Å². The first-order valence-electron chi connectivity index (χ1n) is 7.84. The zero-order chi connectivity index (χ0) is 17.6. The average molecular weight is 341 g/mol. The number of methoxy groups -OCH3 is 1. The number of H-pyrrole nitrogens is 1. The zero-order valence-corrected chi connectivity index (χ0v) is 13.8. The maximum Gasteiger partial charge on any atom is 0.274 e. The van der Waals surface area contributed by atoms with E-state index in [9.17, 15) is 9.90 Å². The molecule has 1 amide bonds. The molecule has 3 aromatic rings. The number of nitrogens with zero attached hydrogens (tertiary/aromatic N) is 2. The Morgan fingerprint density at radius 3 is 2.88 bits per heavy atom. The van der Waals surface area contributed by atoms with Crippen molar-refractivity contribution >= 4 is 5.91 Å². The molecule has 0 atom stereocenters. The molecule has 0 aliphatic carbocycles. The molecular formula is C18H19N3O4. The lowest BCUT2D eigenvalue weighted by molar-refractivity contribution is 0.0700. The minimum atomic E-state index is -0.283. The van der Waals surface area contributed by atoms with E-state index < -0.39 is 0 Å². The molecule has 1 aromatic carbocycles. The van der Waals surface area contributed by atoms with E-state index in [-0.39, 0.29) is 24.8 Å². The van der Waals surface area contributed by atoms with Crippen LogP contribution in [-0.4, -0.2) is 46.4 Å². The van der Waals surface area contributed by atoms with E-state index in [1.807, 2.05) is 24.3 Å². The highest BCUT2D eigenvalue weighted by molar-refractivity contribution is 5.93. The highest BCUT2D eigenvalue weighted by Gasteiger charge is 2.20. The normalized spacial score (nSPS) is 10.6. The van der Waals surface area contributed by atoms with Crippen molar-refractivity contribution in [3.05, 3.63) is 60.0 Å². The molecule has 0 aliphatic heterocycles. The summed E-state index contributed by atoms with van der Waals surface area (Å²) in [7, 11) is 1.58. The smallest absolute Gasteiger partial charge is 0.274 e. The van der Waals surface area contributed by atoms with E-state index in [1.54, 1.807) is 31.6 Å². The van der Waals surface area contributed by atoms with Crippen LogP contribution in [0.5, 0.6) is 5.75 Å². The van der Waals surface area contributed by atoms with Gasteiger partial charge >= 0.3 is 0 Å². The summed E-state index contributed by atoms with van der Waals surface area (Å²) in [6.07, 6.45) is 1.55. The summed E-state index contributed by atoms with van der Waals surface area (Å²) in [6.45, 7) is 0.364. The number of hydrogen-bond acceptors (Lipinski definition) is 5. The van der Waals surface area contributed by atoms with E-state index in [0.29, 0.717) is 23.7 Å². The van der Waals surface area contributed by atoms with Gasteiger partial charge < -0.3 is 19.2 Å². The molecule has 0 aliphatic rings. The van der Waals surface area contributed by atoms with Gasteiger partial charge in [-0.1, -0.05) is 18.2 Å². The van der Waals surface area contributed by atoms with E-state index >= 15 is 0 Å². The van der Waals surface area contributed by atoms with E-state index in [4.69, 9.17) is 9.15 Å². The molecule has 0 radical (unpaired) electrons. The molecule has 2 aromatic heterocycles. The lowest BCUT2D eigenvalue weighted by Gasteiger charge is -2.22. The molecule has 3 rings (SSSR count). The Labute approximate surface area is 144 Å². The van der Waals surface area contributed by atoms with Crippen LogP contribution >= 0.6 is 0 Å². The third-order valence-corrected chi connectivity index (χ3v) is 3.79. The van der Waals surface area contributed by atoms with Crippen molar-refractivity contribution in [2.75, 3.05) is 20.3 Å². The highest BCUT2D eigenvalue weighted by atomic mass is 16.5. The first-order chi connectivity index (χ1) is 12.2. The minimum absolute atomic E-state index is 0.143.